The number of thioether (sulfide) groups is 1. The summed E-state index contributed by atoms with van der Waals surface area (Å²) in [7, 11) is 0. The van der Waals surface area contributed by atoms with Crippen LogP contribution in [0.15, 0.2) is 66.0 Å². The number of thiazole rings is 1. The normalized spacial score (nSPS) is 14.9. The predicted molar refractivity (Wildman–Crippen MR) is 126 cm³/mol. The van der Waals surface area contributed by atoms with Gasteiger partial charge in [-0.1, -0.05) is 42.1 Å². The van der Waals surface area contributed by atoms with Crippen LogP contribution in [0.3, 0.4) is 0 Å². The van der Waals surface area contributed by atoms with Crippen molar-refractivity contribution < 1.29 is 4.79 Å². The second-order valence-electron chi connectivity index (χ2n) is 7.44. The van der Waals surface area contributed by atoms with Crippen LogP contribution in [-0.2, 0) is 6.54 Å². The third kappa shape index (κ3) is 4.11. The molecule has 0 N–H and O–H groups in total. The minimum atomic E-state index is 0.0382. The molecule has 1 aliphatic rings. The summed E-state index contributed by atoms with van der Waals surface area (Å²) in [4.78, 5) is 26.9. The zero-order chi connectivity index (χ0) is 21.2. The average molecular weight is 450 g/mol. The predicted octanol–water partition coefficient (Wildman–Crippen LogP) is 4.16. The largest absolute Gasteiger partial charge is 0.335 e. The molecule has 4 aromatic rings. The van der Waals surface area contributed by atoms with Crippen LogP contribution in [0.4, 0.5) is 0 Å². The molecule has 0 atom stereocenters. The lowest BCUT2D eigenvalue weighted by atomic mass is 10.2. The summed E-state index contributed by atoms with van der Waals surface area (Å²) in [5.41, 5.74) is 2.65. The number of benzene rings is 2. The van der Waals surface area contributed by atoms with Crippen molar-refractivity contribution in [2.45, 2.75) is 11.7 Å². The van der Waals surface area contributed by atoms with Gasteiger partial charge < -0.3 is 4.90 Å². The highest BCUT2D eigenvalue weighted by atomic mass is 32.2. The number of carbonyl (C=O) groups is 1. The van der Waals surface area contributed by atoms with Crippen molar-refractivity contribution in [2.24, 2.45) is 0 Å². The first-order chi connectivity index (χ1) is 15.2. The second kappa shape index (κ2) is 8.82. The van der Waals surface area contributed by atoms with E-state index in [1.165, 1.54) is 4.70 Å². The van der Waals surface area contributed by atoms with Gasteiger partial charge in [0.25, 0.3) is 5.91 Å². The smallest absolute Gasteiger partial charge is 0.272 e. The number of hydrogen-bond acceptors (Lipinski definition) is 6. The maximum Gasteiger partial charge on any atom is 0.272 e. The maximum absolute atomic E-state index is 13.3. The van der Waals surface area contributed by atoms with Gasteiger partial charge in [0.15, 0.2) is 5.16 Å². The fourth-order valence-corrected chi connectivity index (χ4v) is 5.46. The van der Waals surface area contributed by atoms with Gasteiger partial charge in [-0.3, -0.25) is 14.3 Å². The molecule has 0 saturated carbocycles. The van der Waals surface area contributed by atoms with Gasteiger partial charge >= 0.3 is 0 Å². The van der Waals surface area contributed by atoms with Crippen LogP contribution in [0.25, 0.3) is 15.9 Å². The number of carbonyl (C=O) groups excluding carboxylic acids is 1. The molecule has 1 saturated heterocycles. The average Bonchev–Trinajstić information content (AvgIpc) is 3.43. The number of hydrogen-bond donors (Lipinski definition) is 0. The summed E-state index contributed by atoms with van der Waals surface area (Å²) in [5.74, 6) is 0.0382. The summed E-state index contributed by atoms with van der Waals surface area (Å²) in [6.45, 7) is 3.93. The highest BCUT2D eigenvalue weighted by Crippen LogP contribution is 2.25. The molecular weight excluding hydrogens is 426 g/mol. The number of aromatic nitrogens is 3. The number of para-hydroxylation sites is 2. The molecule has 6 nitrogen and oxygen atoms in total. The highest BCUT2D eigenvalue weighted by molar-refractivity contribution is 7.98. The summed E-state index contributed by atoms with van der Waals surface area (Å²) in [6, 6.07) is 18.2. The summed E-state index contributed by atoms with van der Waals surface area (Å²) in [6.07, 6.45) is 3.69. The van der Waals surface area contributed by atoms with E-state index in [-0.39, 0.29) is 5.91 Å². The molecule has 0 radical (unpaired) electrons. The molecule has 5 rings (SSSR count). The highest BCUT2D eigenvalue weighted by Gasteiger charge is 2.26. The van der Waals surface area contributed by atoms with E-state index in [9.17, 15) is 4.79 Å². The monoisotopic (exact) mass is 449 g/mol. The molecule has 1 amide bonds. The fourth-order valence-electron chi connectivity index (χ4n) is 3.91. The lowest BCUT2D eigenvalue weighted by Crippen LogP contribution is -2.48. The van der Waals surface area contributed by atoms with Crippen LogP contribution in [0.1, 0.15) is 15.5 Å². The van der Waals surface area contributed by atoms with E-state index < -0.39 is 0 Å². The molecule has 31 heavy (non-hydrogen) atoms. The van der Waals surface area contributed by atoms with Crippen molar-refractivity contribution in [3.63, 3.8) is 0 Å². The number of piperazine rings is 1. The Kier molecular flexibility index (Phi) is 5.76. The van der Waals surface area contributed by atoms with Gasteiger partial charge in [-0.05, 0) is 30.5 Å². The molecule has 0 unspecified atom stereocenters. The topological polar surface area (TPSA) is 54.3 Å². The van der Waals surface area contributed by atoms with E-state index in [0.29, 0.717) is 18.8 Å². The van der Waals surface area contributed by atoms with Crippen LogP contribution in [0, 0.1) is 0 Å². The van der Waals surface area contributed by atoms with Crippen LogP contribution < -0.4 is 0 Å². The van der Waals surface area contributed by atoms with E-state index in [4.69, 9.17) is 4.98 Å². The Morgan fingerprint density at radius 1 is 1.03 bits per heavy atom. The minimum absolute atomic E-state index is 0.0382. The Bertz CT molecular complexity index is 1160. The Labute approximate surface area is 189 Å². The molecule has 0 spiro atoms. The molecule has 2 aromatic carbocycles. The standard InChI is InChI=1S/C23H23N5OS2/c1-30-23-24-15-19(28(23)17-7-3-2-4-8-17)22(29)27-13-11-26(12-14-27)16-21-25-18-9-5-6-10-20(18)31-21/h2-10,15H,11-14,16H2,1H3. The molecule has 2 aromatic heterocycles. The third-order valence-electron chi connectivity index (χ3n) is 5.50. The molecule has 158 valence electrons. The van der Waals surface area contributed by atoms with Crippen LogP contribution in [-0.4, -0.2) is 62.7 Å². The van der Waals surface area contributed by atoms with Gasteiger partial charge in [-0.25, -0.2) is 9.97 Å². The Hall–Kier alpha value is -2.68. The van der Waals surface area contributed by atoms with Crippen LogP contribution in [0.5, 0.6) is 0 Å². The molecule has 3 heterocycles. The van der Waals surface area contributed by atoms with Gasteiger partial charge in [0.1, 0.15) is 10.7 Å². The Morgan fingerprint density at radius 3 is 2.52 bits per heavy atom. The first kappa shape index (κ1) is 20.2. The minimum Gasteiger partial charge on any atom is -0.335 e. The van der Waals surface area contributed by atoms with Gasteiger partial charge in [-0.2, -0.15) is 0 Å². The third-order valence-corrected chi connectivity index (χ3v) is 7.18. The van der Waals surface area contributed by atoms with Crippen molar-refractivity contribution in [1.82, 2.24) is 24.3 Å². The van der Waals surface area contributed by atoms with Crippen molar-refractivity contribution in [3.05, 3.63) is 71.5 Å². The van der Waals surface area contributed by atoms with Gasteiger partial charge in [0.05, 0.1) is 23.0 Å². The van der Waals surface area contributed by atoms with Crippen LogP contribution in [0.2, 0.25) is 0 Å². The zero-order valence-corrected chi connectivity index (χ0v) is 18.9. The van der Waals surface area contributed by atoms with Crippen molar-refractivity contribution in [2.75, 3.05) is 32.4 Å². The first-order valence-corrected chi connectivity index (χ1v) is 12.3. The molecule has 1 fully saturated rings. The molecule has 0 aliphatic carbocycles. The lowest BCUT2D eigenvalue weighted by Gasteiger charge is -2.34. The van der Waals surface area contributed by atoms with E-state index >= 15 is 0 Å². The Morgan fingerprint density at radius 2 is 1.77 bits per heavy atom. The summed E-state index contributed by atoms with van der Waals surface area (Å²) < 4.78 is 3.19. The van der Waals surface area contributed by atoms with E-state index in [0.717, 1.165) is 41.0 Å². The number of fused-ring (bicyclic) bond motifs is 1. The SMILES string of the molecule is CSc1ncc(C(=O)N2CCN(Cc3nc4ccccc4s3)CC2)n1-c1ccccc1. The number of nitrogens with zero attached hydrogens (tertiary/aromatic N) is 5. The van der Waals surface area contributed by atoms with Gasteiger partial charge in [-0.15, -0.1) is 11.3 Å². The van der Waals surface area contributed by atoms with E-state index in [1.807, 2.05) is 52.1 Å². The molecule has 0 bridgehead atoms. The first-order valence-electron chi connectivity index (χ1n) is 10.3. The number of imidazole rings is 1. The van der Waals surface area contributed by atoms with Gasteiger partial charge in [0, 0.05) is 31.9 Å². The van der Waals surface area contributed by atoms with Crippen molar-refractivity contribution in [3.8, 4) is 5.69 Å². The van der Waals surface area contributed by atoms with E-state index in [2.05, 4.69) is 28.1 Å². The summed E-state index contributed by atoms with van der Waals surface area (Å²) in [5, 5.41) is 1.96. The number of rotatable bonds is 5. The molecule has 1 aliphatic heterocycles. The lowest BCUT2D eigenvalue weighted by molar-refractivity contribution is 0.0620. The fraction of sp³-hybridized carbons (Fsp3) is 0.261. The number of amides is 1. The molecule has 8 heteroatoms. The van der Waals surface area contributed by atoms with Crippen molar-refractivity contribution >= 4 is 39.2 Å². The second-order valence-corrected chi connectivity index (χ2v) is 9.33. The summed E-state index contributed by atoms with van der Waals surface area (Å²) >= 11 is 3.30. The molecular formula is C23H23N5OS2. The Balaban J connectivity index is 1.28. The zero-order valence-electron chi connectivity index (χ0n) is 17.3. The maximum atomic E-state index is 13.3. The quantitative estimate of drug-likeness (QED) is 0.428. The van der Waals surface area contributed by atoms with Crippen molar-refractivity contribution in [1.29, 1.82) is 0 Å². The van der Waals surface area contributed by atoms with E-state index in [1.54, 1.807) is 29.3 Å². The van der Waals surface area contributed by atoms with Crippen LogP contribution >= 0.6 is 23.1 Å². The van der Waals surface area contributed by atoms with Gasteiger partial charge in [0.2, 0.25) is 0 Å².